The van der Waals surface area contributed by atoms with Gasteiger partial charge in [0, 0.05) is 18.4 Å². The Morgan fingerprint density at radius 3 is 2.10 bits per heavy atom. The largest absolute Gasteiger partial charge is 0.354 e. The van der Waals surface area contributed by atoms with Gasteiger partial charge in [0.1, 0.15) is 6.54 Å². The normalized spacial score (nSPS) is 10.8. The Kier molecular flexibility index (Phi) is 5.99. The molecule has 1 heterocycles. The van der Waals surface area contributed by atoms with E-state index in [4.69, 9.17) is 0 Å². The van der Waals surface area contributed by atoms with Gasteiger partial charge in [0.25, 0.3) is 5.56 Å². The zero-order valence-electron chi connectivity index (χ0n) is 16.6. The highest BCUT2D eigenvalue weighted by Gasteiger charge is 2.13. The second-order valence-electron chi connectivity index (χ2n) is 7.20. The highest BCUT2D eigenvalue weighted by atomic mass is 16.2. The van der Waals surface area contributed by atoms with Crippen LogP contribution in [0.3, 0.4) is 0 Å². The van der Waals surface area contributed by atoms with E-state index in [1.807, 2.05) is 78.9 Å². The zero-order chi connectivity index (χ0) is 20.8. The van der Waals surface area contributed by atoms with Gasteiger partial charge in [-0.25, -0.2) is 4.68 Å². The summed E-state index contributed by atoms with van der Waals surface area (Å²) in [5.74, 6) is -0.221. The average molecular weight is 397 g/mol. The molecule has 0 aliphatic rings. The Labute approximate surface area is 175 Å². The van der Waals surface area contributed by atoms with Crippen molar-refractivity contribution in [3.8, 4) is 0 Å². The third kappa shape index (κ3) is 4.63. The second-order valence-corrected chi connectivity index (χ2v) is 7.20. The highest BCUT2D eigenvalue weighted by molar-refractivity contribution is 5.84. The van der Waals surface area contributed by atoms with Crippen LogP contribution in [0.25, 0.3) is 10.8 Å². The third-order valence-corrected chi connectivity index (χ3v) is 5.03. The molecule has 1 aromatic heterocycles. The van der Waals surface area contributed by atoms with Crippen LogP contribution in [0.2, 0.25) is 0 Å². The first kappa shape index (κ1) is 19.6. The summed E-state index contributed by atoms with van der Waals surface area (Å²) < 4.78 is 1.28. The molecular formula is C25H23N3O2. The van der Waals surface area contributed by atoms with Gasteiger partial charge in [0.05, 0.1) is 11.1 Å². The summed E-state index contributed by atoms with van der Waals surface area (Å²) >= 11 is 0. The minimum absolute atomic E-state index is 0.0970. The van der Waals surface area contributed by atoms with Crippen LogP contribution >= 0.6 is 0 Å². The Morgan fingerprint density at radius 2 is 1.40 bits per heavy atom. The van der Waals surface area contributed by atoms with Crippen molar-refractivity contribution in [1.29, 1.82) is 0 Å². The fraction of sp³-hybridized carbons (Fsp3) is 0.160. The maximum Gasteiger partial charge on any atom is 0.275 e. The van der Waals surface area contributed by atoms with Crippen LogP contribution in [0, 0.1) is 0 Å². The summed E-state index contributed by atoms with van der Waals surface area (Å²) in [6.07, 6.45) is 1.34. The van der Waals surface area contributed by atoms with Gasteiger partial charge in [-0.1, -0.05) is 78.9 Å². The van der Waals surface area contributed by atoms with Crippen LogP contribution in [0.15, 0.2) is 89.7 Å². The number of carbonyl (C=O) groups excluding carboxylic acids is 1. The van der Waals surface area contributed by atoms with Crippen molar-refractivity contribution in [3.63, 3.8) is 0 Å². The quantitative estimate of drug-likeness (QED) is 0.520. The Balaban J connectivity index is 1.53. The van der Waals surface area contributed by atoms with E-state index in [9.17, 15) is 9.59 Å². The van der Waals surface area contributed by atoms with E-state index < -0.39 is 0 Å². The Bertz CT molecular complexity index is 1200. The molecule has 0 bridgehead atoms. The molecule has 5 nitrogen and oxygen atoms in total. The van der Waals surface area contributed by atoms with Crippen molar-refractivity contribution < 1.29 is 4.79 Å². The van der Waals surface area contributed by atoms with Gasteiger partial charge < -0.3 is 5.32 Å². The first-order valence-electron chi connectivity index (χ1n) is 10.0. The molecule has 4 rings (SSSR count). The zero-order valence-corrected chi connectivity index (χ0v) is 16.6. The van der Waals surface area contributed by atoms with Crippen LogP contribution in [-0.2, 0) is 24.2 Å². The molecule has 4 aromatic rings. The van der Waals surface area contributed by atoms with Gasteiger partial charge in [0.2, 0.25) is 5.91 Å². The summed E-state index contributed by atoms with van der Waals surface area (Å²) in [5.41, 5.74) is 2.80. The minimum atomic E-state index is -0.249. The summed E-state index contributed by atoms with van der Waals surface area (Å²) in [4.78, 5) is 25.3. The molecule has 0 radical (unpaired) electrons. The molecule has 5 heteroatoms. The number of carbonyl (C=O) groups is 1. The van der Waals surface area contributed by atoms with E-state index in [0.717, 1.165) is 28.6 Å². The van der Waals surface area contributed by atoms with Gasteiger partial charge >= 0.3 is 0 Å². The molecule has 0 aliphatic carbocycles. The van der Waals surface area contributed by atoms with Gasteiger partial charge in [-0.2, -0.15) is 5.10 Å². The molecule has 0 saturated carbocycles. The van der Waals surface area contributed by atoms with E-state index in [1.165, 1.54) is 4.68 Å². The van der Waals surface area contributed by atoms with Crippen molar-refractivity contribution in [2.75, 3.05) is 6.54 Å². The number of nitrogens with zero attached hydrogens (tertiary/aromatic N) is 2. The number of aromatic nitrogens is 2. The van der Waals surface area contributed by atoms with E-state index >= 15 is 0 Å². The van der Waals surface area contributed by atoms with Crippen molar-refractivity contribution in [1.82, 2.24) is 15.1 Å². The number of fused-ring (bicyclic) bond motifs is 1. The van der Waals surface area contributed by atoms with Crippen molar-refractivity contribution in [2.24, 2.45) is 0 Å². The monoisotopic (exact) mass is 397 g/mol. The average Bonchev–Trinajstić information content (AvgIpc) is 2.78. The van der Waals surface area contributed by atoms with Crippen molar-refractivity contribution >= 4 is 16.7 Å². The summed E-state index contributed by atoms with van der Waals surface area (Å²) in [6, 6.07) is 27.4. The van der Waals surface area contributed by atoms with Gasteiger partial charge in [-0.3, -0.25) is 9.59 Å². The summed E-state index contributed by atoms with van der Waals surface area (Å²) in [6.45, 7) is 0.419. The number of amides is 1. The third-order valence-electron chi connectivity index (χ3n) is 5.03. The van der Waals surface area contributed by atoms with Gasteiger partial charge in [0.15, 0.2) is 0 Å². The number of benzene rings is 3. The van der Waals surface area contributed by atoms with Gasteiger partial charge in [-0.15, -0.1) is 0 Å². The fourth-order valence-electron chi connectivity index (χ4n) is 3.52. The molecule has 0 fully saturated rings. The standard InChI is InChI=1S/C25H23N3O2/c29-24(26-16-15-19-9-3-1-4-10-19)18-28-25(30)22-14-8-7-13-21(22)23(27-28)17-20-11-5-2-6-12-20/h1-14H,15-18H2,(H,26,29). The highest BCUT2D eigenvalue weighted by Crippen LogP contribution is 2.16. The van der Waals surface area contributed by atoms with E-state index in [0.29, 0.717) is 18.4 Å². The molecule has 0 unspecified atom stereocenters. The van der Waals surface area contributed by atoms with Crippen LogP contribution in [0.4, 0.5) is 0 Å². The number of hydrogen-bond acceptors (Lipinski definition) is 3. The SMILES string of the molecule is O=C(Cn1nc(Cc2ccccc2)c2ccccc2c1=O)NCCc1ccccc1. The molecule has 3 aromatic carbocycles. The van der Waals surface area contributed by atoms with Gasteiger partial charge in [-0.05, 0) is 23.6 Å². The molecule has 1 N–H and O–H groups in total. The molecular weight excluding hydrogens is 374 g/mol. The molecule has 150 valence electrons. The number of rotatable bonds is 7. The maximum atomic E-state index is 12.9. The molecule has 0 atom stereocenters. The number of nitrogens with one attached hydrogen (secondary N) is 1. The predicted octanol–water partition coefficient (Wildman–Crippen LogP) is 3.35. The second kappa shape index (κ2) is 9.18. The smallest absolute Gasteiger partial charge is 0.275 e. The van der Waals surface area contributed by atoms with E-state index in [2.05, 4.69) is 10.4 Å². The first-order chi connectivity index (χ1) is 14.7. The van der Waals surface area contributed by atoms with Crippen LogP contribution in [0.1, 0.15) is 16.8 Å². The fourth-order valence-corrected chi connectivity index (χ4v) is 3.52. The lowest BCUT2D eigenvalue weighted by molar-refractivity contribution is -0.121. The van der Waals surface area contributed by atoms with E-state index in [1.54, 1.807) is 6.07 Å². The Hall–Kier alpha value is -3.73. The van der Waals surface area contributed by atoms with Crippen molar-refractivity contribution in [3.05, 3.63) is 112 Å². The predicted molar refractivity (Wildman–Crippen MR) is 118 cm³/mol. The molecule has 0 spiro atoms. The maximum absolute atomic E-state index is 12.9. The topological polar surface area (TPSA) is 64.0 Å². The minimum Gasteiger partial charge on any atom is -0.354 e. The van der Waals surface area contributed by atoms with Crippen molar-refractivity contribution in [2.45, 2.75) is 19.4 Å². The van der Waals surface area contributed by atoms with Crippen LogP contribution in [-0.4, -0.2) is 22.2 Å². The Morgan fingerprint density at radius 1 is 0.800 bits per heavy atom. The molecule has 0 aliphatic heterocycles. The van der Waals surface area contributed by atoms with Crippen LogP contribution < -0.4 is 10.9 Å². The summed E-state index contributed by atoms with van der Waals surface area (Å²) in [7, 11) is 0. The summed E-state index contributed by atoms with van der Waals surface area (Å²) in [5, 5.41) is 8.84. The molecule has 30 heavy (non-hydrogen) atoms. The molecule has 1 amide bonds. The number of hydrogen-bond donors (Lipinski definition) is 1. The van der Waals surface area contributed by atoms with E-state index in [-0.39, 0.29) is 18.0 Å². The lowest BCUT2D eigenvalue weighted by Gasteiger charge is -2.11. The lowest BCUT2D eigenvalue weighted by Crippen LogP contribution is -2.35. The van der Waals surface area contributed by atoms with Crippen LogP contribution in [0.5, 0.6) is 0 Å². The molecule has 0 saturated heterocycles. The lowest BCUT2D eigenvalue weighted by atomic mass is 10.0. The first-order valence-corrected chi connectivity index (χ1v) is 10.0.